The van der Waals surface area contributed by atoms with E-state index in [4.69, 9.17) is 4.84 Å². The summed E-state index contributed by atoms with van der Waals surface area (Å²) in [6, 6.07) is 6.94. The molecule has 1 heterocycles. The lowest BCUT2D eigenvalue weighted by molar-refractivity contribution is -0.167. The van der Waals surface area contributed by atoms with Crippen LogP contribution in [0.15, 0.2) is 28.7 Å². The zero-order valence-electron chi connectivity index (χ0n) is 9.69. The summed E-state index contributed by atoms with van der Waals surface area (Å²) in [6.07, 6.45) is 0.840. The molecule has 1 aliphatic rings. The number of nitrogens with one attached hydrogen (secondary N) is 1. The van der Waals surface area contributed by atoms with Crippen molar-refractivity contribution in [1.29, 1.82) is 0 Å². The van der Waals surface area contributed by atoms with Crippen LogP contribution >= 0.6 is 15.9 Å². The van der Waals surface area contributed by atoms with Crippen LogP contribution in [-0.2, 0) is 9.63 Å². The van der Waals surface area contributed by atoms with Gasteiger partial charge in [-0.05, 0) is 30.7 Å². The number of benzene rings is 1. The lowest BCUT2D eigenvalue weighted by Gasteiger charge is -2.14. The Labute approximate surface area is 113 Å². The third-order valence-electron chi connectivity index (χ3n) is 2.54. The number of hydrogen-bond acceptors (Lipinski definition) is 3. The first-order valence-corrected chi connectivity index (χ1v) is 6.43. The molecule has 0 aliphatic carbocycles. The monoisotopic (exact) mass is 312 g/mol. The second-order valence-corrected chi connectivity index (χ2v) is 4.79. The van der Waals surface area contributed by atoms with Crippen molar-refractivity contribution in [2.75, 3.05) is 19.7 Å². The van der Waals surface area contributed by atoms with Crippen molar-refractivity contribution in [2.45, 2.75) is 6.42 Å². The summed E-state index contributed by atoms with van der Waals surface area (Å²) in [5.74, 6) is -0.493. The number of hydrogen-bond donors (Lipinski definition) is 1. The largest absolute Gasteiger partial charge is 0.343 e. The molecule has 1 aliphatic heterocycles. The van der Waals surface area contributed by atoms with Gasteiger partial charge in [-0.15, -0.1) is 0 Å². The van der Waals surface area contributed by atoms with Crippen molar-refractivity contribution in [2.24, 2.45) is 0 Å². The van der Waals surface area contributed by atoms with Gasteiger partial charge in [-0.25, -0.2) is 5.06 Å². The molecule has 0 unspecified atom stereocenters. The van der Waals surface area contributed by atoms with Crippen LogP contribution in [0.25, 0.3) is 0 Å². The third kappa shape index (κ3) is 3.30. The Morgan fingerprint density at radius 3 is 2.67 bits per heavy atom. The molecule has 0 saturated carbocycles. The molecule has 1 saturated heterocycles. The Morgan fingerprint density at radius 2 is 2.06 bits per heavy atom. The van der Waals surface area contributed by atoms with Crippen molar-refractivity contribution < 1.29 is 14.4 Å². The highest BCUT2D eigenvalue weighted by Crippen LogP contribution is 2.10. The second-order valence-electron chi connectivity index (χ2n) is 3.87. The number of amides is 2. The maximum atomic E-state index is 11.7. The summed E-state index contributed by atoms with van der Waals surface area (Å²) in [5.41, 5.74) is 0.522. The summed E-state index contributed by atoms with van der Waals surface area (Å²) >= 11 is 3.29. The zero-order chi connectivity index (χ0) is 13.0. The minimum absolute atomic E-state index is 0.0467. The first-order valence-electron chi connectivity index (χ1n) is 5.64. The van der Waals surface area contributed by atoms with Crippen LogP contribution in [0.2, 0.25) is 0 Å². The quantitative estimate of drug-likeness (QED) is 0.916. The van der Waals surface area contributed by atoms with Crippen molar-refractivity contribution in [3.63, 3.8) is 0 Å². The topological polar surface area (TPSA) is 58.6 Å². The summed E-state index contributed by atoms with van der Waals surface area (Å²) in [5, 5.41) is 3.86. The van der Waals surface area contributed by atoms with E-state index in [0.29, 0.717) is 18.7 Å². The molecule has 1 fully saturated rings. The molecule has 0 aromatic heterocycles. The molecule has 5 nitrogen and oxygen atoms in total. The predicted molar refractivity (Wildman–Crippen MR) is 68.8 cm³/mol. The molecule has 18 heavy (non-hydrogen) atoms. The fourth-order valence-electron chi connectivity index (χ4n) is 1.59. The van der Waals surface area contributed by atoms with Crippen molar-refractivity contribution >= 4 is 27.7 Å². The molecule has 0 radical (unpaired) electrons. The number of halogens is 1. The maximum absolute atomic E-state index is 11.7. The van der Waals surface area contributed by atoms with Gasteiger partial charge in [0.05, 0.1) is 19.7 Å². The van der Waals surface area contributed by atoms with E-state index in [-0.39, 0.29) is 18.4 Å². The summed E-state index contributed by atoms with van der Waals surface area (Å²) < 4.78 is 0.903. The van der Waals surface area contributed by atoms with Gasteiger partial charge in [-0.1, -0.05) is 15.9 Å². The van der Waals surface area contributed by atoms with E-state index < -0.39 is 0 Å². The first-order chi connectivity index (χ1) is 8.66. The average molecular weight is 313 g/mol. The smallest absolute Gasteiger partial charge is 0.265 e. The lowest BCUT2D eigenvalue weighted by atomic mass is 10.2. The van der Waals surface area contributed by atoms with E-state index in [0.717, 1.165) is 10.9 Å². The molecule has 1 aromatic carbocycles. The highest BCUT2D eigenvalue weighted by molar-refractivity contribution is 9.10. The van der Waals surface area contributed by atoms with Gasteiger partial charge in [0.25, 0.3) is 11.8 Å². The van der Waals surface area contributed by atoms with E-state index >= 15 is 0 Å². The molecule has 2 rings (SSSR count). The summed E-state index contributed by atoms with van der Waals surface area (Å²) in [4.78, 5) is 28.4. The van der Waals surface area contributed by atoms with Gasteiger partial charge < -0.3 is 5.32 Å². The zero-order valence-corrected chi connectivity index (χ0v) is 11.3. The molecule has 96 valence electrons. The molecule has 6 heteroatoms. The van der Waals surface area contributed by atoms with Crippen LogP contribution in [-0.4, -0.2) is 36.6 Å². The molecular formula is C12H13BrN2O3. The predicted octanol–water partition coefficient (Wildman–Crippen LogP) is 1.34. The normalized spacial score (nSPS) is 14.6. The van der Waals surface area contributed by atoms with E-state index in [9.17, 15) is 9.59 Å². The van der Waals surface area contributed by atoms with E-state index in [1.165, 1.54) is 5.06 Å². The van der Waals surface area contributed by atoms with Crippen LogP contribution in [0.1, 0.15) is 16.8 Å². The molecule has 2 amide bonds. The molecule has 1 N–H and O–H groups in total. The minimum atomic E-state index is -0.268. The van der Waals surface area contributed by atoms with Crippen LogP contribution in [0.4, 0.5) is 0 Å². The number of carbonyl (C=O) groups excluding carboxylic acids is 2. The van der Waals surface area contributed by atoms with Crippen LogP contribution in [0, 0.1) is 0 Å². The minimum Gasteiger partial charge on any atom is -0.343 e. The Bertz CT molecular complexity index is 441. The van der Waals surface area contributed by atoms with E-state index in [1.807, 2.05) is 0 Å². The highest BCUT2D eigenvalue weighted by Gasteiger charge is 2.19. The second kappa shape index (κ2) is 5.97. The Kier molecular flexibility index (Phi) is 4.33. The fraction of sp³-hybridized carbons (Fsp3) is 0.333. The van der Waals surface area contributed by atoms with Crippen molar-refractivity contribution in [3.05, 3.63) is 34.3 Å². The number of hydroxylamine groups is 2. The van der Waals surface area contributed by atoms with Crippen LogP contribution in [0.3, 0.4) is 0 Å². The van der Waals surface area contributed by atoms with Gasteiger partial charge in [0.15, 0.2) is 0 Å². The van der Waals surface area contributed by atoms with Crippen molar-refractivity contribution in [3.8, 4) is 0 Å². The van der Waals surface area contributed by atoms with Gasteiger partial charge >= 0.3 is 0 Å². The third-order valence-corrected chi connectivity index (χ3v) is 3.07. The number of rotatable bonds is 3. The number of carbonyl (C=O) groups is 2. The van der Waals surface area contributed by atoms with Crippen LogP contribution in [0.5, 0.6) is 0 Å². The van der Waals surface area contributed by atoms with Crippen LogP contribution < -0.4 is 5.32 Å². The van der Waals surface area contributed by atoms with Gasteiger partial charge in [0.2, 0.25) is 0 Å². The van der Waals surface area contributed by atoms with Crippen molar-refractivity contribution in [1.82, 2.24) is 10.4 Å². The van der Waals surface area contributed by atoms with Gasteiger partial charge in [-0.3, -0.25) is 14.4 Å². The maximum Gasteiger partial charge on any atom is 0.265 e. The molecule has 1 aromatic rings. The molecular weight excluding hydrogens is 300 g/mol. The Balaban J connectivity index is 1.84. The highest BCUT2D eigenvalue weighted by atomic mass is 79.9. The lowest BCUT2D eigenvalue weighted by Crippen LogP contribution is -2.38. The first kappa shape index (κ1) is 13.0. The fourth-order valence-corrected chi connectivity index (χ4v) is 1.86. The molecule has 0 spiro atoms. The Morgan fingerprint density at radius 1 is 1.33 bits per heavy atom. The van der Waals surface area contributed by atoms with E-state index in [2.05, 4.69) is 21.2 Å². The standard InChI is InChI=1S/C12H13BrN2O3/c13-10-4-2-9(3-5-10)12(17)14-8-11(16)15-6-1-7-18-15/h2-5H,1,6-8H2,(H,14,17). The average Bonchev–Trinajstić information content (AvgIpc) is 2.90. The number of nitrogens with zero attached hydrogens (tertiary/aromatic N) is 1. The summed E-state index contributed by atoms with van der Waals surface area (Å²) in [6.45, 7) is 1.11. The summed E-state index contributed by atoms with van der Waals surface area (Å²) in [7, 11) is 0. The molecule has 0 bridgehead atoms. The Hall–Kier alpha value is -1.40. The molecule has 0 atom stereocenters. The van der Waals surface area contributed by atoms with E-state index in [1.54, 1.807) is 24.3 Å². The van der Waals surface area contributed by atoms with Gasteiger partial charge in [0, 0.05) is 10.0 Å². The SMILES string of the molecule is O=C(NCC(=O)N1CCCO1)c1ccc(Br)cc1. The van der Waals surface area contributed by atoms with Gasteiger partial charge in [-0.2, -0.15) is 0 Å². The van der Waals surface area contributed by atoms with Gasteiger partial charge in [0.1, 0.15) is 0 Å².